The molecule has 2 N–H and O–H groups in total. The van der Waals surface area contributed by atoms with Gasteiger partial charge in [0, 0.05) is 12.7 Å². The van der Waals surface area contributed by atoms with Gasteiger partial charge in [-0.25, -0.2) is 4.79 Å². The summed E-state index contributed by atoms with van der Waals surface area (Å²) >= 11 is 0.980. The first-order valence-electron chi connectivity index (χ1n) is 5.80. The average Bonchev–Trinajstić information content (AvgIpc) is 2.42. The molecule has 0 radical (unpaired) electrons. The van der Waals surface area contributed by atoms with Crippen molar-refractivity contribution in [2.75, 3.05) is 12.9 Å². The Morgan fingerprint density at radius 3 is 2.67 bits per heavy atom. The Kier molecular flexibility index (Phi) is 5.97. The summed E-state index contributed by atoms with van der Waals surface area (Å²) in [5.41, 5.74) is -0.175. The van der Waals surface area contributed by atoms with Crippen molar-refractivity contribution in [1.29, 1.82) is 0 Å². The molecule has 1 rings (SSSR count). The number of nitro benzene ring substituents is 1. The number of ether oxygens (including phenoxy) is 1. The molecule has 114 valence electrons. The lowest BCUT2D eigenvalue weighted by Crippen LogP contribution is -2.41. The van der Waals surface area contributed by atoms with Crippen molar-refractivity contribution in [1.82, 2.24) is 5.32 Å². The van der Waals surface area contributed by atoms with Crippen LogP contribution < -0.4 is 10.1 Å². The van der Waals surface area contributed by atoms with Crippen molar-refractivity contribution >= 4 is 29.3 Å². The molecular formula is C12H14N2O6S. The number of nitro groups is 1. The largest absolute Gasteiger partial charge is 0.497 e. The second-order valence-electron chi connectivity index (χ2n) is 3.99. The maximum absolute atomic E-state index is 11.0. The van der Waals surface area contributed by atoms with E-state index in [-0.39, 0.29) is 11.4 Å². The Labute approximate surface area is 124 Å². The van der Waals surface area contributed by atoms with Gasteiger partial charge in [-0.2, -0.15) is 0 Å². The first-order chi connectivity index (χ1) is 9.85. The number of hydrogen-bond acceptors (Lipinski definition) is 6. The van der Waals surface area contributed by atoms with E-state index >= 15 is 0 Å². The maximum Gasteiger partial charge on any atom is 0.327 e. The SMILES string of the molecule is COc1ccc(SCC(NC(C)=O)C(=O)O)c([N+](=O)[O-])c1. The molecule has 0 fully saturated rings. The van der Waals surface area contributed by atoms with Crippen LogP contribution in [0.1, 0.15) is 6.92 Å². The Bertz CT molecular complexity index is 563. The van der Waals surface area contributed by atoms with Crippen molar-refractivity contribution in [3.8, 4) is 5.75 Å². The summed E-state index contributed by atoms with van der Waals surface area (Å²) in [6, 6.07) is 3.17. The number of rotatable bonds is 7. The topological polar surface area (TPSA) is 119 Å². The predicted molar refractivity (Wildman–Crippen MR) is 75.6 cm³/mol. The number of amides is 1. The van der Waals surface area contributed by atoms with Crippen molar-refractivity contribution in [3.63, 3.8) is 0 Å². The van der Waals surface area contributed by atoms with Gasteiger partial charge in [0.2, 0.25) is 5.91 Å². The number of nitrogens with one attached hydrogen (secondary N) is 1. The van der Waals surface area contributed by atoms with Crippen LogP contribution in [0.3, 0.4) is 0 Å². The summed E-state index contributed by atoms with van der Waals surface area (Å²) in [6.45, 7) is 1.20. The molecule has 0 saturated heterocycles. The smallest absolute Gasteiger partial charge is 0.327 e. The van der Waals surface area contributed by atoms with Crippen LogP contribution in [-0.4, -0.2) is 40.8 Å². The van der Waals surface area contributed by atoms with E-state index in [1.165, 1.54) is 26.2 Å². The second-order valence-corrected chi connectivity index (χ2v) is 5.05. The highest BCUT2D eigenvalue weighted by atomic mass is 32.2. The molecule has 0 spiro atoms. The Hall–Kier alpha value is -2.29. The zero-order valence-electron chi connectivity index (χ0n) is 11.4. The highest BCUT2D eigenvalue weighted by molar-refractivity contribution is 7.99. The number of benzene rings is 1. The van der Waals surface area contributed by atoms with Crippen molar-refractivity contribution < 1.29 is 24.4 Å². The summed E-state index contributed by atoms with van der Waals surface area (Å²) in [5.74, 6) is -1.37. The molecule has 0 bridgehead atoms. The third-order valence-corrected chi connectivity index (χ3v) is 3.60. The van der Waals surface area contributed by atoms with Crippen LogP contribution in [-0.2, 0) is 9.59 Å². The summed E-state index contributed by atoms with van der Waals surface area (Å²) in [4.78, 5) is 32.6. The van der Waals surface area contributed by atoms with Gasteiger partial charge in [-0.1, -0.05) is 0 Å². The number of carbonyl (C=O) groups excluding carboxylic acids is 1. The van der Waals surface area contributed by atoms with Gasteiger partial charge in [0.15, 0.2) is 0 Å². The van der Waals surface area contributed by atoms with Gasteiger partial charge in [-0.05, 0) is 12.1 Å². The third-order valence-electron chi connectivity index (χ3n) is 2.44. The average molecular weight is 314 g/mol. The highest BCUT2D eigenvalue weighted by Gasteiger charge is 2.22. The lowest BCUT2D eigenvalue weighted by atomic mass is 10.3. The van der Waals surface area contributed by atoms with E-state index in [1.807, 2.05) is 0 Å². The summed E-state index contributed by atoms with van der Waals surface area (Å²) in [6.07, 6.45) is 0. The molecule has 1 atom stereocenters. The fourth-order valence-electron chi connectivity index (χ4n) is 1.48. The molecule has 0 aliphatic rings. The zero-order chi connectivity index (χ0) is 16.0. The summed E-state index contributed by atoms with van der Waals surface area (Å²) < 4.78 is 4.91. The minimum Gasteiger partial charge on any atom is -0.497 e. The van der Waals surface area contributed by atoms with Gasteiger partial charge in [0.05, 0.1) is 23.0 Å². The molecular weight excluding hydrogens is 300 g/mol. The molecule has 1 unspecified atom stereocenters. The normalized spacial score (nSPS) is 11.5. The molecule has 0 aliphatic heterocycles. The van der Waals surface area contributed by atoms with Gasteiger partial charge in [0.1, 0.15) is 11.8 Å². The Morgan fingerprint density at radius 2 is 2.19 bits per heavy atom. The molecule has 8 nitrogen and oxygen atoms in total. The number of carboxylic acids is 1. The Balaban J connectivity index is 2.89. The molecule has 21 heavy (non-hydrogen) atoms. The first-order valence-corrected chi connectivity index (χ1v) is 6.79. The lowest BCUT2D eigenvalue weighted by Gasteiger charge is -2.13. The molecule has 1 amide bonds. The van der Waals surface area contributed by atoms with Gasteiger partial charge in [0.25, 0.3) is 5.69 Å². The Morgan fingerprint density at radius 1 is 1.52 bits per heavy atom. The van der Waals surface area contributed by atoms with Crippen LogP contribution in [0.2, 0.25) is 0 Å². The number of methoxy groups -OCH3 is 1. The molecule has 0 aliphatic carbocycles. The number of thioether (sulfide) groups is 1. The van der Waals surface area contributed by atoms with Gasteiger partial charge in [-0.15, -0.1) is 11.8 Å². The van der Waals surface area contributed by atoms with E-state index in [9.17, 15) is 19.7 Å². The molecule has 0 saturated carbocycles. The fraction of sp³-hybridized carbons (Fsp3) is 0.333. The van der Waals surface area contributed by atoms with Crippen LogP contribution in [0, 0.1) is 10.1 Å². The molecule has 1 aromatic carbocycles. The third kappa shape index (κ3) is 4.95. The monoisotopic (exact) mass is 314 g/mol. The number of carbonyl (C=O) groups is 2. The van der Waals surface area contributed by atoms with E-state index in [2.05, 4.69) is 5.32 Å². The van der Waals surface area contributed by atoms with Crippen molar-refractivity contribution in [2.45, 2.75) is 17.9 Å². The molecule has 0 heterocycles. The van der Waals surface area contributed by atoms with Crippen LogP contribution >= 0.6 is 11.8 Å². The standard InChI is InChI=1S/C12H14N2O6S/c1-7(15)13-9(12(16)17)6-21-11-4-3-8(20-2)5-10(11)14(18)19/h3-5,9H,6H2,1-2H3,(H,13,15)(H,16,17). The number of nitrogens with zero attached hydrogens (tertiary/aromatic N) is 1. The van der Waals surface area contributed by atoms with E-state index < -0.39 is 22.8 Å². The summed E-state index contributed by atoms with van der Waals surface area (Å²) in [5, 5.41) is 22.2. The predicted octanol–water partition coefficient (Wildman–Crippen LogP) is 1.28. The summed E-state index contributed by atoms with van der Waals surface area (Å²) in [7, 11) is 1.39. The first kappa shape index (κ1) is 16.8. The van der Waals surface area contributed by atoms with Gasteiger partial charge >= 0.3 is 5.97 Å². The molecule has 0 aromatic heterocycles. The second kappa shape index (κ2) is 7.48. The van der Waals surface area contributed by atoms with Crippen molar-refractivity contribution in [2.24, 2.45) is 0 Å². The lowest BCUT2D eigenvalue weighted by molar-refractivity contribution is -0.387. The van der Waals surface area contributed by atoms with E-state index in [0.29, 0.717) is 10.6 Å². The zero-order valence-corrected chi connectivity index (χ0v) is 12.2. The van der Waals surface area contributed by atoms with Crippen LogP contribution in [0.5, 0.6) is 5.75 Å². The number of aliphatic carboxylic acids is 1. The van der Waals surface area contributed by atoms with Crippen LogP contribution in [0.4, 0.5) is 5.69 Å². The number of carboxylic acid groups (broad SMARTS) is 1. The van der Waals surface area contributed by atoms with Gasteiger partial charge < -0.3 is 15.2 Å². The van der Waals surface area contributed by atoms with E-state index in [0.717, 1.165) is 11.8 Å². The van der Waals surface area contributed by atoms with E-state index in [4.69, 9.17) is 9.84 Å². The fourth-order valence-corrected chi connectivity index (χ4v) is 2.50. The minimum atomic E-state index is -1.20. The number of hydrogen-bond donors (Lipinski definition) is 2. The molecule has 1 aromatic rings. The van der Waals surface area contributed by atoms with Crippen LogP contribution in [0.25, 0.3) is 0 Å². The molecule has 9 heteroatoms. The van der Waals surface area contributed by atoms with E-state index in [1.54, 1.807) is 6.07 Å². The van der Waals surface area contributed by atoms with Gasteiger partial charge in [-0.3, -0.25) is 14.9 Å². The maximum atomic E-state index is 11.0. The quantitative estimate of drug-likeness (QED) is 0.442. The van der Waals surface area contributed by atoms with Crippen molar-refractivity contribution in [3.05, 3.63) is 28.3 Å². The van der Waals surface area contributed by atoms with Crippen LogP contribution in [0.15, 0.2) is 23.1 Å². The minimum absolute atomic E-state index is 0.0257. The highest BCUT2D eigenvalue weighted by Crippen LogP contribution is 2.32.